The SMILES string of the molecule is O=C(NCc1cccs1)[C@H]1CC(c2ccccc2O)=NO1. The molecule has 2 aromatic rings. The van der Waals surface area contributed by atoms with E-state index in [1.54, 1.807) is 29.5 Å². The number of amides is 1. The number of rotatable bonds is 4. The molecule has 3 rings (SSSR count). The van der Waals surface area contributed by atoms with Gasteiger partial charge >= 0.3 is 0 Å². The Morgan fingerprint density at radius 2 is 2.24 bits per heavy atom. The lowest BCUT2D eigenvalue weighted by Crippen LogP contribution is -2.34. The predicted octanol–water partition coefficient (Wildman–Crippen LogP) is 2.26. The summed E-state index contributed by atoms with van der Waals surface area (Å²) < 4.78 is 0. The fourth-order valence-corrected chi connectivity index (χ4v) is 2.74. The van der Waals surface area contributed by atoms with Gasteiger partial charge in [-0.1, -0.05) is 23.4 Å². The van der Waals surface area contributed by atoms with E-state index in [1.165, 1.54) is 0 Å². The maximum atomic E-state index is 12.0. The minimum Gasteiger partial charge on any atom is -0.507 e. The second-order valence-corrected chi connectivity index (χ2v) is 5.68. The summed E-state index contributed by atoms with van der Waals surface area (Å²) >= 11 is 1.59. The Hall–Kier alpha value is -2.34. The van der Waals surface area contributed by atoms with Gasteiger partial charge in [0.15, 0.2) is 0 Å². The number of aromatic hydroxyl groups is 1. The van der Waals surface area contributed by atoms with E-state index in [0.717, 1.165) is 4.88 Å². The Bertz CT molecular complexity index is 667. The number of hydrogen-bond donors (Lipinski definition) is 2. The first-order chi connectivity index (χ1) is 10.2. The van der Waals surface area contributed by atoms with Crippen LogP contribution in [0.5, 0.6) is 5.75 Å². The number of para-hydroxylation sites is 1. The highest BCUT2D eigenvalue weighted by Gasteiger charge is 2.29. The molecule has 6 heteroatoms. The van der Waals surface area contributed by atoms with E-state index < -0.39 is 6.10 Å². The second-order valence-electron chi connectivity index (χ2n) is 4.65. The normalized spacial score (nSPS) is 17.1. The molecule has 0 aliphatic carbocycles. The van der Waals surface area contributed by atoms with Gasteiger partial charge in [0.2, 0.25) is 6.10 Å². The molecule has 0 saturated carbocycles. The molecule has 1 aromatic carbocycles. The van der Waals surface area contributed by atoms with E-state index in [4.69, 9.17) is 4.84 Å². The zero-order valence-electron chi connectivity index (χ0n) is 11.2. The monoisotopic (exact) mass is 302 g/mol. The van der Waals surface area contributed by atoms with E-state index >= 15 is 0 Å². The minimum absolute atomic E-state index is 0.138. The van der Waals surface area contributed by atoms with Crippen molar-refractivity contribution in [3.8, 4) is 5.75 Å². The van der Waals surface area contributed by atoms with Gasteiger partial charge in [-0.05, 0) is 23.6 Å². The molecule has 0 unspecified atom stereocenters. The molecule has 1 aliphatic heterocycles. The van der Waals surface area contributed by atoms with Crippen molar-refractivity contribution in [2.24, 2.45) is 5.16 Å². The minimum atomic E-state index is -0.639. The Balaban J connectivity index is 1.58. The van der Waals surface area contributed by atoms with Crippen LogP contribution < -0.4 is 5.32 Å². The quantitative estimate of drug-likeness (QED) is 0.910. The summed E-state index contributed by atoms with van der Waals surface area (Å²) in [4.78, 5) is 18.3. The third-order valence-corrected chi connectivity index (χ3v) is 4.07. The maximum Gasteiger partial charge on any atom is 0.264 e. The van der Waals surface area contributed by atoms with Crippen LogP contribution in [0.15, 0.2) is 46.9 Å². The van der Waals surface area contributed by atoms with Crippen LogP contribution in [-0.2, 0) is 16.2 Å². The summed E-state index contributed by atoms with van der Waals surface area (Å²) in [7, 11) is 0. The number of oxime groups is 1. The topological polar surface area (TPSA) is 70.9 Å². The first-order valence-electron chi connectivity index (χ1n) is 6.55. The van der Waals surface area contributed by atoms with Crippen LogP contribution in [0, 0.1) is 0 Å². The van der Waals surface area contributed by atoms with Crippen molar-refractivity contribution in [1.82, 2.24) is 5.32 Å². The van der Waals surface area contributed by atoms with Gasteiger partial charge in [0.05, 0.1) is 12.3 Å². The molecule has 1 atom stereocenters. The Morgan fingerprint density at radius 1 is 1.38 bits per heavy atom. The molecule has 0 bridgehead atoms. The number of hydrogen-bond acceptors (Lipinski definition) is 5. The van der Waals surface area contributed by atoms with Gasteiger partial charge in [0.25, 0.3) is 5.91 Å². The van der Waals surface area contributed by atoms with Crippen LogP contribution >= 0.6 is 11.3 Å². The Kier molecular flexibility index (Phi) is 3.87. The molecule has 1 aromatic heterocycles. The van der Waals surface area contributed by atoms with Crippen LogP contribution in [0.1, 0.15) is 16.9 Å². The number of phenolic OH excluding ortho intramolecular Hbond substituents is 1. The number of carbonyl (C=O) groups excluding carboxylic acids is 1. The smallest absolute Gasteiger partial charge is 0.264 e. The van der Waals surface area contributed by atoms with Crippen molar-refractivity contribution >= 4 is 23.0 Å². The van der Waals surface area contributed by atoms with E-state index in [0.29, 0.717) is 24.2 Å². The third-order valence-electron chi connectivity index (χ3n) is 3.19. The van der Waals surface area contributed by atoms with Gasteiger partial charge in [-0.2, -0.15) is 0 Å². The van der Waals surface area contributed by atoms with Crippen molar-refractivity contribution in [2.75, 3.05) is 0 Å². The standard InChI is InChI=1S/C15H14N2O3S/c18-13-6-2-1-5-11(13)12-8-14(20-17-12)15(19)16-9-10-4-3-7-21-10/h1-7,14,18H,8-9H2,(H,16,19)/t14-/m1/s1. The molecule has 2 heterocycles. The average Bonchev–Trinajstić information content (AvgIpc) is 3.17. The largest absolute Gasteiger partial charge is 0.507 e. The Labute approximate surface area is 125 Å². The van der Waals surface area contributed by atoms with Crippen molar-refractivity contribution in [2.45, 2.75) is 19.1 Å². The maximum absolute atomic E-state index is 12.0. The highest BCUT2D eigenvalue weighted by Crippen LogP contribution is 2.23. The molecule has 1 amide bonds. The van der Waals surface area contributed by atoms with Crippen LogP contribution in [0.4, 0.5) is 0 Å². The van der Waals surface area contributed by atoms with Gasteiger partial charge in [-0.25, -0.2) is 0 Å². The highest BCUT2D eigenvalue weighted by molar-refractivity contribution is 7.09. The number of nitrogens with zero attached hydrogens (tertiary/aromatic N) is 1. The van der Waals surface area contributed by atoms with Gasteiger partial charge in [-0.15, -0.1) is 11.3 Å². The molecule has 0 radical (unpaired) electrons. The summed E-state index contributed by atoms with van der Waals surface area (Å²) in [6.45, 7) is 0.488. The summed E-state index contributed by atoms with van der Waals surface area (Å²) in [6, 6.07) is 10.8. The summed E-state index contributed by atoms with van der Waals surface area (Å²) in [6.07, 6.45) is -0.284. The number of phenols is 1. The molecule has 0 spiro atoms. The lowest BCUT2D eigenvalue weighted by molar-refractivity contribution is -0.131. The lowest BCUT2D eigenvalue weighted by Gasteiger charge is -2.08. The first-order valence-corrected chi connectivity index (χ1v) is 7.43. The molecule has 0 saturated heterocycles. The molecule has 0 fully saturated rings. The zero-order valence-corrected chi connectivity index (χ0v) is 12.0. The van der Waals surface area contributed by atoms with Crippen LogP contribution in [0.3, 0.4) is 0 Å². The first kappa shape index (κ1) is 13.6. The van der Waals surface area contributed by atoms with E-state index in [2.05, 4.69) is 10.5 Å². The van der Waals surface area contributed by atoms with E-state index in [-0.39, 0.29) is 11.7 Å². The van der Waals surface area contributed by atoms with Gasteiger partial charge in [-0.3, -0.25) is 4.79 Å². The second kappa shape index (κ2) is 5.97. The van der Waals surface area contributed by atoms with Crippen LogP contribution in [0.2, 0.25) is 0 Å². The third kappa shape index (κ3) is 3.05. The fraction of sp³-hybridized carbons (Fsp3) is 0.200. The lowest BCUT2D eigenvalue weighted by atomic mass is 10.0. The predicted molar refractivity (Wildman–Crippen MR) is 80.3 cm³/mol. The van der Waals surface area contributed by atoms with Crippen molar-refractivity contribution in [3.63, 3.8) is 0 Å². The molecule has 108 valence electrons. The molecule has 5 nitrogen and oxygen atoms in total. The van der Waals surface area contributed by atoms with Crippen molar-refractivity contribution < 1.29 is 14.7 Å². The molecule has 1 aliphatic rings. The van der Waals surface area contributed by atoms with Gasteiger partial charge < -0.3 is 15.3 Å². The van der Waals surface area contributed by atoms with Gasteiger partial charge in [0.1, 0.15) is 5.75 Å². The molecule has 2 N–H and O–H groups in total. The highest BCUT2D eigenvalue weighted by atomic mass is 32.1. The van der Waals surface area contributed by atoms with Crippen molar-refractivity contribution in [1.29, 1.82) is 0 Å². The number of thiophene rings is 1. The van der Waals surface area contributed by atoms with Crippen LogP contribution in [0.25, 0.3) is 0 Å². The number of carbonyl (C=O) groups is 1. The number of nitrogens with one attached hydrogen (secondary N) is 1. The van der Waals surface area contributed by atoms with Crippen molar-refractivity contribution in [3.05, 3.63) is 52.2 Å². The average molecular weight is 302 g/mol. The van der Waals surface area contributed by atoms with E-state index in [9.17, 15) is 9.90 Å². The summed E-state index contributed by atoms with van der Waals surface area (Å²) in [5.74, 6) is -0.0583. The summed E-state index contributed by atoms with van der Waals surface area (Å²) in [5, 5.41) is 18.5. The van der Waals surface area contributed by atoms with Crippen LogP contribution in [-0.4, -0.2) is 22.8 Å². The number of benzene rings is 1. The molecular formula is C15H14N2O3S. The van der Waals surface area contributed by atoms with E-state index in [1.807, 2.05) is 23.6 Å². The Morgan fingerprint density at radius 3 is 3.00 bits per heavy atom. The zero-order chi connectivity index (χ0) is 14.7. The molecular weight excluding hydrogens is 288 g/mol. The van der Waals surface area contributed by atoms with Gasteiger partial charge in [0, 0.05) is 16.9 Å². The molecule has 21 heavy (non-hydrogen) atoms. The summed E-state index contributed by atoms with van der Waals surface area (Å²) in [5.41, 5.74) is 1.19. The fourth-order valence-electron chi connectivity index (χ4n) is 2.10.